The van der Waals surface area contributed by atoms with E-state index in [1.165, 1.54) is 6.07 Å². The molecule has 104 valence electrons. The Morgan fingerprint density at radius 3 is 2.65 bits per heavy atom. The Bertz CT molecular complexity index is 566. The summed E-state index contributed by atoms with van der Waals surface area (Å²) in [4.78, 5) is 6.00. The molecule has 6 heteroatoms. The lowest BCUT2D eigenvalue weighted by Crippen LogP contribution is -2.30. The highest BCUT2D eigenvalue weighted by molar-refractivity contribution is 6.58. The second-order valence-corrected chi connectivity index (χ2v) is 4.76. The lowest BCUT2D eigenvalue weighted by Gasteiger charge is -2.17. The van der Waals surface area contributed by atoms with Crippen molar-refractivity contribution in [3.05, 3.63) is 59.7 Å². The molecule has 0 aliphatic heterocycles. The number of benzene rings is 1. The summed E-state index contributed by atoms with van der Waals surface area (Å²) >= 11 is 0. The summed E-state index contributed by atoms with van der Waals surface area (Å²) in [7, 11) is 0.244. The maximum Gasteiger partial charge on any atom is 0.488 e. The van der Waals surface area contributed by atoms with Crippen LogP contribution in [0.5, 0.6) is 0 Å². The van der Waals surface area contributed by atoms with Crippen molar-refractivity contribution in [1.82, 2.24) is 9.88 Å². The zero-order valence-electron chi connectivity index (χ0n) is 11.2. The third-order valence-corrected chi connectivity index (χ3v) is 2.99. The van der Waals surface area contributed by atoms with Crippen molar-refractivity contribution in [3.8, 4) is 0 Å². The molecule has 0 spiro atoms. The van der Waals surface area contributed by atoms with Crippen LogP contribution in [0.4, 0.5) is 4.39 Å². The summed E-state index contributed by atoms with van der Waals surface area (Å²) in [5.41, 5.74) is 1.72. The van der Waals surface area contributed by atoms with E-state index < -0.39 is 12.9 Å². The first-order chi connectivity index (χ1) is 9.56. The summed E-state index contributed by atoms with van der Waals surface area (Å²) < 4.78 is 13.8. The maximum absolute atomic E-state index is 13.8. The summed E-state index contributed by atoms with van der Waals surface area (Å²) in [5, 5.41) is 18.0. The fourth-order valence-electron chi connectivity index (χ4n) is 2.00. The van der Waals surface area contributed by atoms with E-state index in [1.54, 1.807) is 18.5 Å². The zero-order valence-corrected chi connectivity index (χ0v) is 11.2. The molecule has 2 aromatic rings. The van der Waals surface area contributed by atoms with Gasteiger partial charge in [0.15, 0.2) is 0 Å². The second-order valence-electron chi connectivity index (χ2n) is 4.76. The Hall–Kier alpha value is -1.76. The Labute approximate surface area is 117 Å². The van der Waals surface area contributed by atoms with Gasteiger partial charge in [0.05, 0.1) is 0 Å². The minimum absolute atomic E-state index is 0.154. The van der Waals surface area contributed by atoms with Crippen molar-refractivity contribution < 1.29 is 14.4 Å². The minimum Gasteiger partial charge on any atom is -0.423 e. The molecule has 0 aliphatic carbocycles. The van der Waals surface area contributed by atoms with Gasteiger partial charge in [-0.2, -0.15) is 0 Å². The van der Waals surface area contributed by atoms with E-state index in [9.17, 15) is 4.39 Å². The third-order valence-electron chi connectivity index (χ3n) is 2.99. The average molecular weight is 274 g/mol. The Kier molecular flexibility index (Phi) is 4.84. The van der Waals surface area contributed by atoms with Crippen molar-refractivity contribution in [1.29, 1.82) is 0 Å². The largest absolute Gasteiger partial charge is 0.488 e. The molecule has 2 rings (SSSR count). The van der Waals surface area contributed by atoms with E-state index in [0.29, 0.717) is 18.7 Å². The van der Waals surface area contributed by atoms with Crippen molar-refractivity contribution in [2.75, 3.05) is 7.05 Å². The Morgan fingerprint density at radius 1 is 1.25 bits per heavy atom. The van der Waals surface area contributed by atoms with Crippen LogP contribution in [-0.2, 0) is 13.1 Å². The van der Waals surface area contributed by atoms with E-state index in [1.807, 2.05) is 24.1 Å². The average Bonchev–Trinajstić information content (AvgIpc) is 2.42. The van der Waals surface area contributed by atoms with Gasteiger partial charge in [-0.15, -0.1) is 0 Å². The fraction of sp³-hybridized carbons (Fsp3) is 0.214. The SMILES string of the molecule is CN(Cc1cccnc1)Cc1ccc(B(O)O)cc1F. The molecule has 0 radical (unpaired) electrons. The predicted octanol–water partition coefficient (Wildman–Crippen LogP) is 0.532. The highest BCUT2D eigenvalue weighted by Crippen LogP contribution is 2.10. The van der Waals surface area contributed by atoms with Gasteiger partial charge in [-0.3, -0.25) is 9.88 Å². The van der Waals surface area contributed by atoms with Crippen LogP contribution < -0.4 is 5.46 Å². The lowest BCUT2D eigenvalue weighted by atomic mass is 9.80. The van der Waals surface area contributed by atoms with Crippen LogP contribution >= 0.6 is 0 Å². The first kappa shape index (κ1) is 14.6. The van der Waals surface area contributed by atoms with Crippen LogP contribution in [0.15, 0.2) is 42.7 Å². The number of hydrogen-bond acceptors (Lipinski definition) is 4. The van der Waals surface area contributed by atoms with Crippen LogP contribution in [0.1, 0.15) is 11.1 Å². The predicted molar refractivity (Wildman–Crippen MR) is 75.6 cm³/mol. The van der Waals surface area contributed by atoms with Crippen LogP contribution in [0.3, 0.4) is 0 Å². The standard InChI is InChI=1S/C14H16BFN2O2/c1-18(9-11-3-2-6-17-8-11)10-12-4-5-13(15(19)20)7-14(12)16/h2-8,19-20H,9-10H2,1H3. The molecule has 0 atom stereocenters. The normalized spacial score (nSPS) is 10.8. The van der Waals surface area contributed by atoms with E-state index in [0.717, 1.165) is 11.6 Å². The lowest BCUT2D eigenvalue weighted by molar-refractivity contribution is 0.313. The monoisotopic (exact) mass is 274 g/mol. The molecule has 1 heterocycles. The Balaban J connectivity index is 2.02. The molecule has 4 nitrogen and oxygen atoms in total. The van der Waals surface area contributed by atoms with E-state index in [4.69, 9.17) is 10.0 Å². The summed E-state index contributed by atoms with van der Waals surface area (Å²) in [6.45, 7) is 1.10. The number of aromatic nitrogens is 1. The molecule has 0 bridgehead atoms. The van der Waals surface area contributed by atoms with E-state index in [2.05, 4.69) is 4.98 Å². The molecule has 0 fully saturated rings. The first-order valence-electron chi connectivity index (χ1n) is 6.28. The zero-order chi connectivity index (χ0) is 14.5. The van der Waals surface area contributed by atoms with Gasteiger partial charge in [-0.05, 0) is 30.2 Å². The van der Waals surface area contributed by atoms with Gasteiger partial charge in [-0.1, -0.05) is 18.2 Å². The summed E-state index contributed by atoms with van der Waals surface area (Å²) in [6, 6.07) is 8.06. The van der Waals surface area contributed by atoms with Crippen molar-refractivity contribution in [2.24, 2.45) is 0 Å². The van der Waals surface area contributed by atoms with E-state index >= 15 is 0 Å². The van der Waals surface area contributed by atoms with Crippen molar-refractivity contribution in [3.63, 3.8) is 0 Å². The van der Waals surface area contributed by atoms with Gasteiger partial charge in [0.25, 0.3) is 0 Å². The van der Waals surface area contributed by atoms with Gasteiger partial charge < -0.3 is 10.0 Å². The highest BCUT2D eigenvalue weighted by atomic mass is 19.1. The fourth-order valence-corrected chi connectivity index (χ4v) is 2.00. The molecule has 20 heavy (non-hydrogen) atoms. The Morgan fingerprint density at radius 2 is 2.05 bits per heavy atom. The molecule has 0 saturated heterocycles. The minimum atomic E-state index is -1.65. The highest BCUT2D eigenvalue weighted by Gasteiger charge is 2.14. The molecule has 0 unspecified atom stereocenters. The van der Waals surface area contributed by atoms with Gasteiger partial charge in [-0.25, -0.2) is 4.39 Å². The van der Waals surface area contributed by atoms with Crippen molar-refractivity contribution >= 4 is 12.6 Å². The van der Waals surface area contributed by atoms with E-state index in [-0.39, 0.29) is 5.46 Å². The van der Waals surface area contributed by atoms with Crippen LogP contribution in [-0.4, -0.2) is 34.1 Å². The smallest absolute Gasteiger partial charge is 0.423 e. The number of nitrogens with zero attached hydrogens (tertiary/aromatic N) is 2. The molecule has 2 N–H and O–H groups in total. The summed E-state index contributed by atoms with van der Waals surface area (Å²) in [6.07, 6.45) is 3.49. The van der Waals surface area contributed by atoms with Crippen LogP contribution in [0.25, 0.3) is 0 Å². The number of pyridine rings is 1. The third kappa shape index (κ3) is 3.87. The van der Waals surface area contributed by atoms with Crippen LogP contribution in [0, 0.1) is 5.82 Å². The topological polar surface area (TPSA) is 56.6 Å². The molecule has 0 saturated carbocycles. The van der Waals surface area contributed by atoms with Gasteiger partial charge in [0.1, 0.15) is 5.82 Å². The number of halogens is 1. The first-order valence-corrected chi connectivity index (χ1v) is 6.28. The molecule has 1 aromatic carbocycles. The van der Waals surface area contributed by atoms with Gasteiger partial charge in [0.2, 0.25) is 0 Å². The second kappa shape index (κ2) is 6.61. The molecular weight excluding hydrogens is 258 g/mol. The van der Waals surface area contributed by atoms with Crippen LogP contribution in [0.2, 0.25) is 0 Å². The summed E-state index contributed by atoms with van der Waals surface area (Å²) in [5.74, 6) is -0.436. The van der Waals surface area contributed by atoms with Crippen molar-refractivity contribution in [2.45, 2.75) is 13.1 Å². The maximum atomic E-state index is 13.8. The molecule has 0 aliphatic rings. The number of rotatable bonds is 5. The quantitative estimate of drug-likeness (QED) is 0.781. The number of hydrogen-bond donors (Lipinski definition) is 2. The molecule has 1 aromatic heterocycles. The van der Waals surface area contributed by atoms with Gasteiger partial charge >= 0.3 is 7.12 Å². The van der Waals surface area contributed by atoms with Gasteiger partial charge in [0, 0.05) is 31.0 Å². The molecular formula is C14H16BFN2O2. The molecule has 0 amide bonds.